The zero-order chi connectivity index (χ0) is 17.2. The van der Waals surface area contributed by atoms with Crippen molar-refractivity contribution >= 4 is 0 Å². The quantitative estimate of drug-likeness (QED) is 0.485. The van der Waals surface area contributed by atoms with Gasteiger partial charge in [0.1, 0.15) is 0 Å². The van der Waals surface area contributed by atoms with Gasteiger partial charge in [0.05, 0.1) is 0 Å². The molecule has 0 unspecified atom stereocenters. The van der Waals surface area contributed by atoms with Crippen LogP contribution in [0.25, 0.3) is 34.0 Å². The Morgan fingerprint density at radius 3 is 1.24 bits per heavy atom. The number of rotatable bonds is 3. The van der Waals surface area contributed by atoms with Crippen LogP contribution in [0.15, 0.2) is 77.2 Å². The molecule has 0 saturated carbocycles. The summed E-state index contributed by atoms with van der Waals surface area (Å²) in [7, 11) is 0. The highest BCUT2D eigenvalue weighted by atomic mass is 16.4. The molecule has 122 valence electrons. The summed E-state index contributed by atoms with van der Waals surface area (Å²) < 4.78 is 5.83. The van der Waals surface area contributed by atoms with Crippen molar-refractivity contribution in [2.75, 3.05) is 0 Å². The zero-order valence-electron chi connectivity index (χ0n) is 14.2. The number of aryl methyl sites for hydroxylation is 2. The Morgan fingerprint density at radius 2 is 0.800 bits per heavy atom. The molecule has 3 aromatic carbocycles. The Balaban J connectivity index is 1.60. The molecule has 0 amide bonds. The van der Waals surface area contributed by atoms with E-state index in [9.17, 15) is 0 Å². The second-order valence-electron chi connectivity index (χ2n) is 6.22. The Labute approximate surface area is 147 Å². The van der Waals surface area contributed by atoms with E-state index in [2.05, 4.69) is 60.4 Å². The average Bonchev–Trinajstić information content (AvgIpc) is 3.13. The van der Waals surface area contributed by atoms with Crippen LogP contribution in [0.5, 0.6) is 0 Å². The molecule has 3 heteroatoms. The van der Waals surface area contributed by atoms with Crippen molar-refractivity contribution in [1.29, 1.82) is 0 Å². The van der Waals surface area contributed by atoms with Gasteiger partial charge in [0.2, 0.25) is 11.8 Å². The first kappa shape index (κ1) is 15.3. The van der Waals surface area contributed by atoms with E-state index in [1.54, 1.807) is 0 Å². The van der Waals surface area contributed by atoms with E-state index in [-0.39, 0.29) is 0 Å². The van der Waals surface area contributed by atoms with Crippen molar-refractivity contribution in [3.8, 4) is 34.0 Å². The maximum Gasteiger partial charge on any atom is 0.248 e. The lowest BCUT2D eigenvalue weighted by molar-refractivity contribution is 0.584. The van der Waals surface area contributed by atoms with Crippen molar-refractivity contribution in [2.45, 2.75) is 13.8 Å². The highest BCUT2D eigenvalue weighted by Crippen LogP contribution is 2.27. The first-order valence-electron chi connectivity index (χ1n) is 8.27. The van der Waals surface area contributed by atoms with Gasteiger partial charge in [-0.2, -0.15) is 0 Å². The van der Waals surface area contributed by atoms with Crippen molar-refractivity contribution in [3.63, 3.8) is 0 Å². The van der Waals surface area contributed by atoms with Gasteiger partial charge in [0.25, 0.3) is 0 Å². The van der Waals surface area contributed by atoms with Gasteiger partial charge in [0.15, 0.2) is 0 Å². The van der Waals surface area contributed by atoms with Gasteiger partial charge in [-0.15, -0.1) is 10.2 Å². The predicted octanol–water partition coefficient (Wildman–Crippen LogP) is 5.69. The van der Waals surface area contributed by atoms with Crippen molar-refractivity contribution in [2.24, 2.45) is 0 Å². The minimum absolute atomic E-state index is 0.533. The maximum atomic E-state index is 5.83. The summed E-state index contributed by atoms with van der Waals surface area (Å²) in [6.07, 6.45) is 0. The van der Waals surface area contributed by atoms with E-state index in [0.29, 0.717) is 11.8 Å². The molecule has 0 atom stereocenters. The van der Waals surface area contributed by atoms with Crippen molar-refractivity contribution < 1.29 is 4.42 Å². The van der Waals surface area contributed by atoms with E-state index >= 15 is 0 Å². The highest BCUT2D eigenvalue weighted by Gasteiger charge is 2.10. The van der Waals surface area contributed by atoms with Gasteiger partial charge in [-0.25, -0.2) is 0 Å². The second-order valence-corrected chi connectivity index (χ2v) is 6.22. The SMILES string of the molecule is Cc1ccc(-c2ccc(-c3nnc(-c4ccc(C)cc4)o3)cc2)cc1. The maximum absolute atomic E-state index is 5.83. The van der Waals surface area contributed by atoms with E-state index in [1.807, 2.05) is 36.4 Å². The molecule has 0 fully saturated rings. The van der Waals surface area contributed by atoms with Gasteiger partial charge in [-0.3, -0.25) is 0 Å². The predicted molar refractivity (Wildman–Crippen MR) is 100 cm³/mol. The molecule has 25 heavy (non-hydrogen) atoms. The van der Waals surface area contributed by atoms with E-state index in [4.69, 9.17) is 4.42 Å². The van der Waals surface area contributed by atoms with Crippen LogP contribution in [-0.2, 0) is 0 Å². The molecule has 0 N–H and O–H groups in total. The molecule has 0 radical (unpaired) electrons. The number of benzene rings is 3. The van der Waals surface area contributed by atoms with E-state index in [1.165, 1.54) is 22.3 Å². The van der Waals surface area contributed by atoms with Crippen LogP contribution in [0.2, 0.25) is 0 Å². The number of hydrogen-bond acceptors (Lipinski definition) is 3. The summed E-state index contributed by atoms with van der Waals surface area (Å²) in [5.41, 5.74) is 6.68. The first-order chi connectivity index (χ1) is 12.2. The number of aromatic nitrogens is 2. The van der Waals surface area contributed by atoms with Gasteiger partial charge >= 0.3 is 0 Å². The first-order valence-corrected chi connectivity index (χ1v) is 8.27. The van der Waals surface area contributed by atoms with Crippen LogP contribution < -0.4 is 0 Å². The molecule has 0 spiro atoms. The molecule has 0 aliphatic rings. The lowest BCUT2D eigenvalue weighted by atomic mass is 10.0. The van der Waals surface area contributed by atoms with Crippen LogP contribution in [0.4, 0.5) is 0 Å². The summed E-state index contributed by atoms with van der Waals surface area (Å²) in [5.74, 6) is 1.07. The molecule has 1 heterocycles. The Morgan fingerprint density at radius 1 is 0.480 bits per heavy atom. The van der Waals surface area contributed by atoms with Crippen LogP contribution in [0.3, 0.4) is 0 Å². The third-order valence-electron chi connectivity index (χ3n) is 4.24. The Kier molecular flexibility index (Phi) is 3.90. The molecule has 0 bridgehead atoms. The zero-order valence-corrected chi connectivity index (χ0v) is 14.2. The molecule has 4 rings (SSSR count). The number of nitrogens with zero attached hydrogens (tertiary/aromatic N) is 2. The lowest BCUT2D eigenvalue weighted by Crippen LogP contribution is -1.81. The van der Waals surface area contributed by atoms with Crippen LogP contribution >= 0.6 is 0 Å². The van der Waals surface area contributed by atoms with Crippen LogP contribution in [-0.4, -0.2) is 10.2 Å². The molecular weight excluding hydrogens is 308 g/mol. The van der Waals surface area contributed by atoms with E-state index < -0.39 is 0 Å². The second kappa shape index (κ2) is 6.36. The summed E-state index contributed by atoms with van der Waals surface area (Å²) >= 11 is 0. The lowest BCUT2D eigenvalue weighted by Gasteiger charge is -2.03. The molecule has 3 nitrogen and oxygen atoms in total. The fraction of sp³-hybridized carbons (Fsp3) is 0.0909. The highest BCUT2D eigenvalue weighted by molar-refractivity contribution is 5.67. The molecule has 0 saturated heterocycles. The van der Waals surface area contributed by atoms with E-state index in [0.717, 1.165) is 11.1 Å². The molecule has 0 aliphatic carbocycles. The standard InChI is InChI=1S/C22H18N2O/c1-15-3-7-17(8-4-15)18-11-13-20(14-12-18)22-24-23-21(25-22)19-9-5-16(2)6-10-19/h3-14H,1-2H3. The fourth-order valence-electron chi connectivity index (χ4n) is 2.70. The molecule has 4 aromatic rings. The van der Waals surface area contributed by atoms with Crippen LogP contribution in [0, 0.1) is 13.8 Å². The van der Waals surface area contributed by atoms with Crippen LogP contribution in [0.1, 0.15) is 11.1 Å². The monoisotopic (exact) mass is 326 g/mol. The van der Waals surface area contributed by atoms with Gasteiger partial charge in [0, 0.05) is 11.1 Å². The molecular formula is C22H18N2O. The normalized spacial score (nSPS) is 10.8. The number of hydrogen-bond donors (Lipinski definition) is 0. The fourth-order valence-corrected chi connectivity index (χ4v) is 2.70. The van der Waals surface area contributed by atoms with Crippen molar-refractivity contribution in [3.05, 3.63) is 83.9 Å². The van der Waals surface area contributed by atoms with Gasteiger partial charge < -0.3 is 4.42 Å². The van der Waals surface area contributed by atoms with Gasteiger partial charge in [-0.05, 0) is 49.2 Å². The smallest absolute Gasteiger partial charge is 0.248 e. The third kappa shape index (κ3) is 3.22. The van der Waals surface area contributed by atoms with Crippen molar-refractivity contribution in [1.82, 2.24) is 10.2 Å². The molecule has 0 aliphatic heterocycles. The summed E-state index contributed by atoms with van der Waals surface area (Å²) in [5, 5.41) is 8.35. The van der Waals surface area contributed by atoms with Gasteiger partial charge in [-0.1, -0.05) is 59.7 Å². The Bertz CT molecular complexity index is 982. The Hall–Kier alpha value is -3.20. The summed E-state index contributed by atoms with van der Waals surface area (Å²) in [6.45, 7) is 4.15. The molecule has 1 aromatic heterocycles. The topological polar surface area (TPSA) is 38.9 Å². The summed E-state index contributed by atoms with van der Waals surface area (Å²) in [4.78, 5) is 0. The largest absolute Gasteiger partial charge is 0.416 e. The third-order valence-corrected chi connectivity index (χ3v) is 4.24. The minimum atomic E-state index is 0.533. The average molecular weight is 326 g/mol. The summed E-state index contributed by atoms with van der Waals surface area (Å²) in [6, 6.07) is 24.8. The minimum Gasteiger partial charge on any atom is -0.416 e.